The van der Waals surface area contributed by atoms with Crippen LogP contribution in [0.4, 0.5) is 0 Å². The maximum atomic E-state index is 12.4. The van der Waals surface area contributed by atoms with Gasteiger partial charge in [0.1, 0.15) is 0 Å². The molecule has 0 aromatic heterocycles. The van der Waals surface area contributed by atoms with Crippen LogP contribution in [0.2, 0.25) is 0 Å². The van der Waals surface area contributed by atoms with Crippen LogP contribution in [0.3, 0.4) is 0 Å². The van der Waals surface area contributed by atoms with Crippen LogP contribution < -0.4 is 5.32 Å². The first-order valence-electron chi connectivity index (χ1n) is 6.95. The molecule has 0 aliphatic heterocycles. The van der Waals surface area contributed by atoms with Gasteiger partial charge in [-0.3, -0.25) is 9.59 Å². The highest BCUT2D eigenvalue weighted by Gasteiger charge is 2.31. The normalized spacial score (nSPS) is 11.2. The van der Waals surface area contributed by atoms with E-state index in [0.29, 0.717) is 18.4 Å². The fourth-order valence-electron chi connectivity index (χ4n) is 2.30. The summed E-state index contributed by atoms with van der Waals surface area (Å²) in [6.07, 6.45) is 1.12. The van der Waals surface area contributed by atoms with Gasteiger partial charge in [0.2, 0.25) is 0 Å². The summed E-state index contributed by atoms with van der Waals surface area (Å²) in [7, 11) is 0. The Balaban J connectivity index is 3.02. The van der Waals surface area contributed by atoms with E-state index in [-0.39, 0.29) is 12.3 Å². The standard InChI is InChI=1S/C16H23NO3/c1-5-16(6-2,10-14(18)19)17-15(20)13-9-11(3)7-8-12(13)4/h7-9H,5-6,10H2,1-4H3,(H,17,20)(H,18,19). The number of nitrogens with one attached hydrogen (secondary N) is 1. The molecule has 2 N–H and O–H groups in total. The lowest BCUT2D eigenvalue weighted by atomic mass is 9.88. The van der Waals surface area contributed by atoms with Crippen LogP contribution in [-0.2, 0) is 4.79 Å². The van der Waals surface area contributed by atoms with Crippen molar-refractivity contribution in [1.29, 1.82) is 0 Å². The minimum Gasteiger partial charge on any atom is -0.481 e. The molecule has 0 fully saturated rings. The fraction of sp³-hybridized carbons (Fsp3) is 0.500. The summed E-state index contributed by atoms with van der Waals surface area (Å²) in [4.78, 5) is 23.4. The number of rotatable bonds is 6. The Bertz CT molecular complexity index is 504. The Labute approximate surface area is 120 Å². The lowest BCUT2D eigenvalue weighted by Crippen LogP contribution is -2.49. The molecule has 110 valence electrons. The molecule has 1 amide bonds. The first kappa shape index (κ1) is 16.2. The highest BCUT2D eigenvalue weighted by Crippen LogP contribution is 2.21. The number of carbonyl (C=O) groups excluding carboxylic acids is 1. The Morgan fingerprint density at radius 1 is 1.20 bits per heavy atom. The number of carboxylic acid groups (broad SMARTS) is 1. The smallest absolute Gasteiger partial charge is 0.305 e. The molecular formula is C16H23NO3. The number of amides is 1. The molecule has 0 heterocycles. The molecule has 0 spiro atoms. The summed E-state index contributed by atoms with van der Waals surface area (Å²) in [5, 5.41) is 12.0. The van der Waals surface area contributed by atoms with Crippen molar-refractivity contribution in [2.24, 2.45) is 0 Å². The van der Waals surface area contributed by atoms with Crippen LogP contribution in [0.25, 0.3) is 0 Å². The van der Waals surface area contributed by atoms with Crippen LogP contribution in [0.1, 0.15) is 54.6 Å². The van der Waals surface area contributed by atoms with Crippen LogP contribution in [0.5, 0.6) is 0 Å². The van der Waals surface area contributed by atoms with Gasteiger partial charge in [0.25, 0.3) is 5.91 Å². The summed E-state index contributed by atoms with van der Waals surface area (Å²) in [5.41, 5.74) is 1.84. The van der Waals surface area contributed by atoms with Crippen LogP contribution in [0.15, 0.2) is 18.2 Å². The van der Waals surface area contributed by atoms with Crippen molar-refractivity contribution in [3.05, 3.63) is 34.9 Å². The van der Waals surface area contributed by atoms with E-state index in [1.165, 1.54) is 0 Å². The molecular weight excluding hydrogens is 254 g/mol. The topological polar surface area (TPSA) is 66.4 Å². The largest absolute Gasteiger partial charge is 0.481 e. The maximum absolute atomic E-state index is 12.4. The summed E-state index contributed by atoms with van der Waals surface area (Å²) in [5.74, 6) is -1.09. The van der Waals surface area contributed by atoms with E-state index in [1.54, 1.807) is 0 Å². The van der Waals surface area contributed by atoms with Gasteiger partial charge in [-0.15, -0.1) is 0 Å². The van der Waals surface area contributed by atoms with Crippen molar-refractivity contribution in [2.45, 2.75) is 52.5 Å². The molecule has 0 bridgehead atoms. The van der Waals surface area contributed by atoms with Crippen molar-refractivity contribution in [3.63, 3.8) is 0 Å². The minimum absolute atomic E-state index is 0.0589. The van der Waals surface area contributed by atoms with Gasteiger partial charge in [-0.05, 0) is 38.3 Å². The number of hydrogen-bond acceptors (Lipinski definition) is 2. The van der Waals surface area contributed by atoms with E-state index in [0.717, 1.165) is 11.1 Å². The quantitative estimate of drug-likeness (QED) is 0.839. The zero-order valence-corrected chi connectivity index (χ0v) is 12.6. The van der Waals surface area contributed by atoms with E-state index in [4.69, 9.17) is 5.11 Å². The fourth-order valence-corrected chi connectivity index (χ4v) is 2.30. The van der Waals surface area contributed by atoms with Crippen LogP contribution >= 0.6 is 0 Å². The van der Waals surface area contributed by atoms with Gasteiger partial charge in [0.15, 0.2) is 0 Å². The zero-order chi connectivity index (χ0) is 15.3. The molecule has 1 aromatic carbocycles. The van der Waals surface area contributed by atoms with Crippen molar-refractivity contribution in [3.8, 4) is 0 Å². The summed E-state index contributed by atoms with van der Waals surface area (Å²) < 4.78 is 0. The van der Waals surface area contributed by atoms with Crippen molar-refractivity contribution < 1.29 is 14.7 Å². The number of benzene rings is 1. The second-order valence-corrected chi connectivity index (χ2v) is 5.33. The van der Waals surface area contributed by atoms with Crippen molar-refractivity contribution in [2.75, 3.05) is 0 Å². The maximum Gasteiger partial charge on any atom is 0.305 e. The van der Waals surface area contributed by atoms with Crippen LogP contribution in [-0.4, -0.2) is 22.5 Å². The van der Waals surface area contributed by atoms with E-state index >= 15 is 0 Å². The molecule has 0 aliphatic rings. The third-order valence-electron chi connectivity index (χ3n) is 3.86. The second-order valence-electron chi connectivity index (χ2n) is 5.33. The van der Waals surface area contributed by atoms with E-state index in [2.05, 4.69) is 5.32 Å². The number of hydrogen-bond donors (Lipinski definition) is 2. The molecule has 4 heteroatoms. The molecule has 0 aliphatic carbocycles. The lowest BCUT2D eigenvalue weighted by molar-refractivity contribution is -0.138. The van der Waals surface area contributed by atoms with Gasteiger partial charge in [-0.1, -0.05) is 31.5 Å². The molecule has 1 aromatic rings. The highest BCUT2D eigenvalue weighted by atomic mass is 16.4. The van der Waals surface area contributed by atoms with Crippen molar-refractivity contribution >= 4 is 11.9 Å². The average Bonchev–Trinajstić information content (AvgIpc) is 2.40. The molecule has 0 atom stereocenters. The lowest BCUT2D eigenvalue weighted by Gasteiger charge is -2.31. The first-order valence-corrected chi connectivity index (χ1v) is 6.95. The van der Waals surface area contributed by atoms with Gasteiger partial charge in [0, 0.05) is 5.56 Å². The monoisotopic (exact) mass is 277 g/mol. The van der Waals surface area contributed by atoms with E-state index in [1.807, 2.05) is 45.9 Å². The summed E-state index contributed by atoms with van der Waals surface area (Å²) in [6, 6.07) is 5.69. The molecule has 1 rings (SSSR count). The first-order chi connectivity index (χ1) is 9.33. The molecule has 4 nitrogen and oxygen atoms in total. The van der Waals surface area contributed by atoms with E-state index in [9.17, 15) is 9.59 Å². The summed E-state index contributed by atoms with van der Waals surface area (Å²) in [6.45, 7) is 7.61. The Hall–Kier alpha value is -1.84. The number of aryl methyl sites for hydroxylation is 2. The highest BCUT2D eigenvalue weighted by molar-refractivity contribution is 5.96. The van der Waals surface area contributed by atoms with Gasteiger partial charge >= 0.3 is 5.97 Å². The van der Waals surface area contributed by atoms with E-state index < -0.39 is 11.5 Å². The Kier molecular flexibility index (Phi) is 5.31. The van der Waals surface area contributed by atoms with Crippen LogP contribution in [0, 0.1) is 13.8 Å². The molecule has 0 unspecified atom stereocenters. The molecule has 0 saturated carbocycles. The predicted octanol–water partition coefficient (Wildman–Crippen LogP) is 3.07. The second kappa shape index (κ2) is 6.55. The van der Waals surface area contributed by atoms with Gasteiger partial charge in [-0.2, -0.15) is 0 Å². The molecule has 0 radical (unpaired) electrons. The van der Waals surface area contributed by atoms with Crippen molar-refractivity contribution in [1.82, 2.24) is 5.32 Å². The van der Waals surface area contributed by atoms with Gasteiger partial charge in [-0.25, -0.2) is 0 Å². The average molecular weight is 277 g/mol. The minimum atomic E-state index is -0.894. The van der Waals surface area contributed by atoms with Gasteiger partial charge < -0.3 is 10.4 Å². The number of carbonyl (C=O) groups is 2. The van der Waals surface area contributed by atoms with Gasteiger partial charge in [0.05, 0.1) is 12.0 Å². The predicted molar refractivity (Wildman–Crippen MR) is 78.9 cm³/mol. The molecule has 0 saturated heterocycles. The SMILES string of the molecule is CCC(CC)(CC(=O)O)NC(=O)c1cc(C)ccc1C. The number of carboxylic acids is 1. The Morgan fingerprint density at radius 2 is 1.80 bits per heavy atom. The Morgan fingerprint density at radius 3 is 2.30 bits per heavy atom. The third kappa shape index (κ3) is 3.83. The summed E-state index contributed by atoms with van der Waals surface area (Å²) >= 11 is 0. The zero-order valence-electron chi connectivity index (χ0n) is 12.6. The third-order valence-corrected chi connectivity index (χ3v) is 3.86. The molecule has 20 heavy (non-hydrogen) atoms. The number of aliphatic carboxylic acids is 1.